The Morgan fingerprint density at radius 1 is 1.11 bits per heavy atom. The van der Waals surface area contributed by atoms with Gasteiger partial charge in [0, 0.05) is 5.39 Å². The van der Waals surface area contributed by atoms with E-state index < -0.39 is 18.1 Å². The van der Waals surface area contributed by atoms with E-state index in [2.05, 4.69) is 0 Å². The largest absolute Gasteiger partial charge is 0.507 e. The van der Waals surface area contributed by atoms with Gasteiger partial charge in [-0.25, -0.2) is 0 Å². The van der Waals surface area contributed by atoms with Gasteiger partial charge >= 0.3 is 0 Å². The predicted octanol–water partition coefficient (Wildman–Crippen LogP) is 0.815. The molecule has 2 unspecified atom stereocenters. The van der Waals surface area contributed by atoms with Gasteiger partial charge in [0.25, 0.3) is 0 Å². The fourth-order valence-corrected chi connectivity index (χ4v) is 2.09. The van der Waals surface area contributed by atoms with Crippen LogP contribution in [-0.4, -0.2) is 27.3 Å². The van der Waals surface area contributed by atoms with Crippen molar-refractivity contribution in [1.29, 1.82) is 0 Å². The molecule has 0 fully saturated rings. The van der Waals surface area contributed by atoms with Crippen LogP contribution in [0.4, 0.5) is 0 Å². The van der Waals surface area contributed by atoms with Crippen molar-refractivity contribution in [1.82, 2.24) is 0 Å². The molecule has 0 spiro atoms. The van der Waals surface area contributed by atoms with E-state index in [9.17, 15) is 20.1 Å². The number of carbonyl (C=O) groups is 1. The number of primary amides is 1. The number of nitrogens with two attached hydrogens (primary N) is 1. The molecule has 0 saturated carbocycles. The van der Waals surface area contributed by atoms with Crippen molar-refractivity contribution in [3.8, 4) is 5.75 Å². The minimum Gasteiger partial charge on any atom is -0.507 e. The monoisotopic (exact) mass is 261 g/mol. The van der Waals surface area contributed by atoms with E-state index in [1.807, 2.05) is 0 Å². The van der Waals surface area contributed by atoms with Crippen molar-refractivity contribution in [2.75, 3.05) is 0 Å². The highest BCUT2D eigenvalue weighted by molar-refractivity contribution is 5.91. The maximum atomic E-state index is 10.8. The van der Waals surface area contributed by atoms with E-state index >= 15 is 0 Å². The van der Waals surface area contributed by atoms with Crippen molar-refractivity contribution < 1.29 is 20.1 Å². The highest BCUT2D eigenvalue weighted by Crippen LogP contribution is 2.32. The number of amides is 1. The van der Waals surface area contributed by atoms with Gasteiger partial charge in [-0.2, -0.15) is 0 Å². The zero-order valence-electron chi connectivity index (χ0n) is 10.2. The molecule has 5 heteroatoms. The maximum Gasteiger partial charge on any atom is 0.220 e. The van der Waals surface area contributed by atoms with E-state index in [0.29, 0.717) is 16.3 Å². The number of phenolic OH excluding ortho intramolecular Hbond substituents is 1. The zero-order valence-corrected chi connectivity index (χ0v) is 10.2. The molecule has 5 nitrogen and oxygen atoms in total. The van der Waals surface area contributed by atoms with E-state index in [1.54, 1.807) is 24.3 Å². The van der Waals surface area contributed by atoms with Gasteiger partial charge in [0.05, 0.1) is 12.5 Å². The number of aromatic hydroxyl groups is 1. The third kappa shape index (κ3) is 2.67. The number of fused-ring (bicyclic) bond motifs is 1. The molecule has 19 heavy (non-hydrogen) atoms. The Labute approximate surface area is 109 Å². The molecule has 0 bridgehead atoms. The lowest BCUT2D eigenvalue weighted by Gasteiger charge is -2.19. The standard InChI is InChI=1S/C14H15NO4/c15-13(18)7-12(17)14(19)10-5-6-11(16)9-4-2-1-3-8(9)10/h1-6,12,14,16-17,19H,7H2,(H2,15,18). The Hall–Kier alpha value is -2.11. The minimum atomic E-state index is -1.27. The molecule has 2 atom stereocenters. The Bertz CT molecular complexity index is 611. The number of carbonyl (C=O) groups excluding carboxylic acids is 1. The van der Waals surface area contributed by atoms with Crippen LogP contribution in [0.3, 0.4) is 0 Å². The number of benzene rings is 2. The zero-order chi connectivity index (χ0) is 14.0. The second-order valence-corrected chi connectivity index (χ2v) is 4.40. The maximum absolute atomic E-state index is 10.8. The number of aliphatic hydroxyl groups is 2. The van der Waals surface area contributed by atoms with Crippen LogP contribution in [-0.2, 0) is 4.79 Å². The van der Waals surface area contributed by atoms with Gasteiger partial charge < -0.3 is 21.1 Å². The smallest absolute Gasteiger partial charge is 0.220 e. The first-order chi connectivity index (χ1) is 9.00. The summed E-state index contributed by atoms with van der Waals surface area (Å²) in [6.07, 6.45) is -2.83. The second-order valence-electron chi connectivity index (χ2n) is 4.40. The minimum absolute atomic E-state index is 0.0935. The van der Waals surface area contributed by atoms with Gasteiger partial charge in [-0.1, -0.05) is 30.3 Å². The molecule has 0 aromatic heterocycles. The second kappa shape index (κ2) is 5.26. The highest BCUT2D eigenvalue weighted by atomic mass is 16.3. The molecule has 0 aliphatic heterocycles. The Morgan fingerprint density at radius 2 is 1.74 bits per heavy atom. The Morgan fingerprint density at radius 3 is 2.37 bits per heavy atom. The molecule has 0 aliphatic carbocycles. The molecule has 0 radical (unpaired) electrons. The summed E-state index contributed by atoms with van der Waals surface area (Å²) in [6.45, 7) is 0. The van der Waals surface area contributed by atoms with Crippen LogP contribution >= 0.6 is 0 Å². The normalized spacial score (nSPS) is 14.2. The van der Waals surface area contributed by atoms with Crippen LogP contribution in [0.25, 0.3) is 10.8 Å². The average molecular weight is 261 g/mol. The van der Waals surface area contributed by atoms with E-state index in [1.165, 1.54) is 12.1 Å². The average Bonchev–Trinajstić information content (AvgIpc) is 2.38. The molecule has 0 heterocycles. The quantitative estimate of drug-likeness (QED) is 0.654. The summed E-state index contributed by atoms with van der Waals surface area (Å²) in [5, 5.41) is 30.8. The number of phenols is 1. The molecule has 5 N–H and O–H groups in total. The van der Waals surface area contributed by atoms with Crippen molar-refractivity contribution >= 4 is 16.7 Å². The van der Waals surface area contributed by atoms with Gasteiger partial charge in [0.1, 0.15) is 11.9 Å². The van der Waals surface area contributed by atoms with Crippen molar-refractivity contribution in [3.05, 3.63) is 42.0 Å². The third-order valence-electron chi connectivity index (χ3n) is 3.03. The first-order valence-corrected chi connectivity index (χ1v) is 5.85. The predicted molar refractivity (Wildman–Crippen MR) is 70.4 cm³/mol. The summed E-state index contributed by atoms with van der Waals surface area (Å²) in [4.78, 5) is 10.8. The van der Waals surface area contributed by atoms with E-state index in [4.69, 9.17) is 5.73 Å². The fourth-order valence-electron chi connectivity index (χ4n) is 2.09. The third-order valence-corrected chi connectivity index (χ3v) is 3.03. The molecule has 2 rings (SSSR count). The molecule has 0 aliphatic rings. The van der Waals surface area contributed by atoms with Gasteiger partial charge in [-0.05, 0) is 17.0 Å². The summed E-state index contributed by atoms with van der Waals surface area (Å²) < 4.78 is 0. The molecule has 100 valence electrons. The molecule has 2 aromatic carbocycles. The van der Waals surface area contributed by atoms with Gasteiger partial charge in [0.2, 0.25) is 5.91 Å². The van der Waals surface area contributed by atoms with E-state index in [-0.39, 0.29) is 12.2 Å². The SMILES string of the molecule is NC(=O)CC(O)C(O)c1ccc(O)c2ccccc12. The number of hydrogen-bond donors (Lipinski definition) is 4. The van der Waals surface area contributed by atoms with Crippen LogP contribution in [0.5, 0.6) is 5.75 Å². The summed E-state index contributed by atoms with van der Waals surface area (Å²) in [6, 6.07) is 9.92. The summed E-state index contributed by atoms with van der Waals surface area (Å²) >= 11 is 0. The molecule has 2 aromatic rings. The van der Waals surface area contributed by atoms with Crippen LogP contribution in [0.2, 0.25) is 0 Å². The van der Waals surface area contributed by atoms with Crippen molar-refractivity contribution in [2.45, 2.75) is 18.6 Å². The number of hydrogen-bond acceptors (Lipinski definition) is 4. The summed E-state index contributed by atoms with van der Waals surface area (Å²) in [5.41, 5.74) is 5.44. The van der Waals surface area contributed by atoms with Crippen molar-refractivity contribution in [2.24, 2.45) is 5.73 Å². The van der Waals surface area contributed by atoms with E-state index in [0.717, 1.165) is 0 Å². The number of rotatable bonds is 4. The fraction of sp³-hybridized carbons (Fsp3) is 0.214. The first-order valence-electron chi connectivity index (χ1n) is 5.85. The van der Waals surface area contributed by atoms with Gasteiger partial charge in [-0.3, -0.25) is 4.79 Å². The molecular weight excluding hydrogens is 246 g/mol. The first kappa shape index (κ1) is 13.3. The topological polar surface area (TPSA) is 104 Å². The van der Waals surface area contributed by atoms with Crippen LogP contribution in [0, 0.1) is 0 Å². The number of aliphatic hydroxyl groups excluding tert-OH is 2. The Kier molecular flexibility index (Phi) is 3.69. The molecule has 1 amide bonds. The Balaban J connectivity index is 2.45. The van der Waals surface area contributed by atoms with Crippen LogP contribution in [0.15, 0.2) is 36.4 Å². The lowest BCUT2D eigenvalue weighted by atomic mass is 9.95. The van der Waals surface area contributed by atoms with Gasteiger partial charge in [0.15, 0.2) is 0 Å². The van der Waals surface area contributed by atoms with Crippen LogP contribution in [0.1, 0.15) is 18.1 Å². The molecule has 0 saturated heterocycles. The summed E-state index contributed by atoms with van der Waals surface area (Å²) in [7, 11) is 0. The highest BCUT2D eigenvalue weighted by Gasteiger charge is 2.22. The van der Waals surface area contributed by atoms with Gasteiger partial charge in [-0.15, -0.1) is 0 Å². The lowest BCUT2D eigenvalue weighted by molar-refractivity contribution is -0.121. The van der Waals surface area contributed by atoms with Crippen molar-refractivity contribution in [3.63, 3.8) is 0 Å². The lowest BCUT2D eigenvalue weighted by Crippen LogP contribution is -2.25. The molecular formula is C14H15NO4. The van der Waals surface area contributed by atoms with Crippen LogP contribution < -0.4 is 5.73 Å². The summed E-state index contributed by atoms with van der Waals surface area (Å²) in [5.74, 6) is -0.592.